The van der Waals surface area contributed by atoms with Gasteiger partial charge < -0.3 is 4.74 Å². The molecule has 0 N–H and O–H groups in total. The third-order valence-electron chi connectivity index (χ3n) is 3.79. The summed E-state index contributed by atoms with van der Waals surface area (Å²) < 4.78 is 7.39. The minimum Gasteiger partial charge on any atom is -0.465 e. The Balaban J connectivity index is 1.75. The molecule has 0 bridgehead atoms. The predicted octanol–water partition coefficient (Wildman–Crippen LogP) is 4.76. The molecule has 6 heteroatoms. The molecule has 2 aromatic carbocycles. The van der Waals surface area contributed by atoms with E-state index in [1.54, 1.807) is 18.0 Å². The van der Waals surface area contributed by atoms with Crippen molar-refractivity contribution in [1.82, 2.24) is 4.57 Å². The number of hydrogen-bond acceptors (Lipinski definition) is 4. The molecule has 0 aliphatic carbocycles. The molecule has 0 saturated carbocycles. The highest BCUT2D eigenvalue weighted by atomic mass is 79.9. The number of ether oxygens (including phenoxy) is 1. The van der Waals surface area contributed by atoms with Crippen LogP contribution in [0.5, 0.6) is 0 Å². The van der Waals surface area contributed by atoms with E-state index in [4.69, 9.17) is 4.74 Å². The number of thioether (sulfide) groups is 1. The second kappa shape index (κ2) is 7.89. The fourth-order valence-electron chi connectivity index (χ4n) is 2.56. The molecular formula is C19H16BrNO3S. The summed E-state index contributed by atoms with van der Waals surface area (Å²) in [5.41, 5.74) is 2.29. The lowest BCUT2D eigenvalue weighted by Gasteiger charge is -2.05. The zero-order chi connectivity index (χ0) is 17.8. The Morgan fingerprint density at radius 3 is 2.56 bits per heavy atom. The van der Waals surface area contributed by atoms with E-state index >= 15 is 0 Å². The highest BCUT2D eigenvalue weighted by Gasteiger charge is 2.18. The summed E-state index contributed by atoms with van der Waals surface area (Å²) in [6, 6.07) is 15.4. The molecule has 0 fully saturated rings. The number of methoxy groups -OCH3 is 1. The van der Waals surface area contributed by atoms with Gasteiger partial charge in [-0.2, -0.15) is 0 Å². The smallest absolute Gasteiger partial charge is 0.340 e. The maximum Gasteiger partial charge on any atom is 0.340 e. The van der Waals surface area contributed by atoms with Crippen LogP contribution in [-0.2, 0) is 10.5 Å². The highest BCUT2D eigenvalue weighted by Crippen LogP contribution is 2.23. The number of carbonyl (C=O) groups is 2. The Hall–Kier alpha value is -2.05. The van der Waals surface area contributed by atoms with Gasteiger partial charge in [-0.3, -0.25) is 9.36 Å². The molecule has 0 radical (unpaired) electrons. The highest BCUT2D eigenvalue weighted by molar-refractivity contribution is 9.10. The molecule has 0 atom stereocenters. The predicted molar refractivity (Wildman–Crippen MR) is 104 cm³/mol. The second-order valence-electron chi connectivity index (χ2n) is 5.43. The average Bonchev–Trinajstić information content (AvgIpc) is 3.02. The number of aromatic nitrogens is 1. The van der Waals surface area contributed by atoms with Gasteiger partial charge in [0.05, 0.1) is 23.9 Å². The number of halogens is 1. The van der Waals surface area contributed by atoms with Crippen LogP contribution in [0.1, 0.15) is 20.7 Å². The third-order valence-corrected chi connectivity index (χ3v) is 5.31. The van der Waals surface area contributed by atoms with E-state index in [0.717, 1.165) is 26.7 Å². The van der Waals surface area contributed by atoms with Gasteiger partial charge in [-0.1, -0.05) is 46.3 Å². The number of rotatable bonds is 5. The van der Waals surface area contributed by atoms with Crippen LogP contribution in [0.4, 0.5) is 0 Å². The Kier molecular flexibility index (Phi) is 5.60. The van der Waals surface area contributed by atoms with Gasteiger partial charge in [0.25, 0.3) is 0 Å². The number of nitrogens with zero attached hydrogens (tertiary/aromatic N) is 1. The maximum absolute atomic E-state index is 12.6. The first-order valence-electron chi connectivity index (χ1n) is 7.64. The summed E-state index contributed by atoms with van der Waals surface area (Å²) >= 11 is 4.95. The summed E-state index contributed by atoms with van der Waals surface area (Å²) in [4.78, 5) is 24.5. The van der Waals surface area contributed by atoms with Crippen molar-refractivity contribution in [3.63, 3.8) is 0 Å². The van der Waals surface area contributed by atoms with Gasteiger partial charge in [0, 0.05) is 21.8 Å². The first-order chi connectivity index (χ1) is 12.1. The van der Waals surface area contributed by atoms with Crippen molar-refractivity contribution in [3.05, 3.63) is 70.3 Å². The number of esters is 1. The minimum atomic E-state index is -0.440. The fourth-order valence-corrected chi connectivity index (χ4v) is 3.67. The normalized spacial score (nSPS) is 10.8. The molecule has 0 spiro atoms. The number of fused-ring (bicyclic) bond motifs is 1. The standard InChI is InChI=1S/C19H16BrNO3S/c1-24-19(23)16-10-21(17-5-3-2-4-15(16)17)18(22)12-25-11-13-6-8-14(20)9-7-13/h2-10H,11-12H2,1H3. The first-order valence-corrected chi connectivity index (χ1v) is 9.58. The molecule has 25 heavy (non-hydrogen) atoms. The van der Waals surface area contributed by atoms with Gasteiger partial charge >= 0.3 is 5.97 Å². The molecular weight excluding hydrogens is 402 g/mol. The maximum atomic E-state index is 12.6. The summed E-state index contributed by atoms with van der Waals surface area (Å²) in [5.74, 6) is 0.580. The number of para-hydroxylation sites is 1. The van der Waals surface area contributed by atoms with Gasteiger partial charge in [-0.15, -0.1) is 11.8 Å². The summed E-state index contributed by atoms with van der Waals surface area (Å²) in [7, 11) is 1.34. The van der Waals surface area contributed by atoms with Gasteiger partial charge in [0.1, 0.15) is 0 Å². The van der Waals surface area contributed by atoms with E-state index in [1.807, 2.05) is 48.5 Å². The van der Waals surface area contributed by atoms with E-state index in [9.17, 15) is 9.59 Å². The van der Waals surface area contributed by atoms with Crippen molar-refractivity contribution < 1.29 is 14.3 Å². The van der Waals surface area contributed by atoms with Crippen LogP contribution in [0.2, 0.25) is 0 Å². The zero-order valence-corrected chi connectivity index (χ0v) is 16.0. The van der Waals surface area contributed by atoms with Crippen LogP contribution >= 0.6 is 27.7 Å². The molecule has 3 rings (SSSR count). The van der Waals surface area contributed by atoms with E-state index in [2.05, 4.69) is 15.9 Å². The molecule has 0 aliphatic heterocycles. The van der Waals surface area contributed by atoms with Crippen molar-refractivity contribution in [2.75, 3.05) is 12.9 Å². The molecule has 3 aromatic rings. The Labute approximate surface area is 158 Å². The van der Waals surface area contributed by atoms with Crippen LogP contribution in [0.3, 0.4) is 0 Å². The van der Waals surface area contributed by atoms with Crippen molar-refractivity contribution >= 4 is 50.5 Å². The van der Waals surface area contributed by atoms with Crippen LogP contribution < -0.4 is 0 Å². The quantitative estimate of drug-likeness (QED) is 0.561. The number of benzene rings is 2. The van der Waals surface area contributed by atoms with Crippen LogP contribution in [0, 0.1) is 0 Å². The SMILES string of the molecule is COC(=O)c1cn(C(=O)CSCc2ccc(Br)cc2)c2ccccc12. The summed E-state index contributed by atoms with van der Waals surface area (Å²) in [6.07, 6.45) is 1.57. The molecule has 1 heterocycles. The molecule has 4 nitrogen and oxygen atoms in total. The van der Waals surface area contributed by atoms with Crippen molar-refractivity contribution in [3.8, 4) is 0 Å². The van der Waals surface area contributed by atoms with Gasteiger partial charge in [0.15, 0.2) is 0 Å². The van der Waals surface area contributed by atoms with Gasteiger partial charge in [-0.05, 0) is 23.8 Å². The molecule has 128 valence electrons. The summed E-state index contributed by atoms with van der Waals surface area (Å²) in [5, 5.41) is 0.723. The van der Waals surface area contributed by atoms with Gasteiger partial charge in [0.2, 0.25) is 5.91 Å². The van der Waals surface area contributed by atoms with E-state index < -0.39 is 5.97 Å². The largest absolute Gasteiger partial charge is 0.465 e. The number of hydrogen-bond donors (Lipinski definition) is 0. The van der Waals surface area contributed by atoms with Crippen molar-refractivity contribution in [2.45, 2.75) is 5.75 Å². The summed E-state index contributed by atoms with van der Waals surface area (Å²) in [6.45, 7) is 0. The molecule has 0 aliphatic rings. The lowest BCUT2D eigenvalue weighted by Crippen LogP contribution is -2.12. The van der Waals surface area contributed by atoms with Crippen LogP contribution in [0.25, 0.3) is 10.9 Å². The van der Waals surface area contributed by atoms with Gasteiger partial charge in [-0.25, -0.2) is 4.79 Å². The fraction of sp³-hybridized carbons (Fsp3) is 0.158. The molecule has 0 amide bonds. The van der Waals surface area contributed by atoms with E-state index in [-0.39, 0.29) is 5.91 Å². The minimum absolute atomic E-state index is 0.0616. The average molecular weight is 418 g/mol. The lowest BCUT2D eigenvalue weighted by molar-refractivity contribution is 0.0603. The second-order valence-corrected chi connectivity index (χ2v) is 7.34. The zero-order valence-electron chi connectivity index (χ0n) is 13.6. The Bertz CT molecular complexity index is 918. The molecule has 0 saturated heterocycles. The van der Waals surface area contributed by atoms with E-state index in [1.165, 1.54) is 11.7 Å². The van der Waals surface area contributed by atoms with E-state index in [0.29, 0.717) is 11.3 Å². The first kappa shape index (κ1) is 17.8. The van der Waals surface area contributed by atoms with Crippen molar-refractivity contribution in [2.24, 2.45) is 0 Å². The third kappa shape index (κ3) is 3.96. The van der Waals surface area contributed by atoms with Crippen molar-refractivity contribution in [1.29, 1.82) is 0 Å². The molecule has 1 aromatic heterocycles. The lowest BCUT2D eigenvalue weighted by atomic mass is 10.2. The van der Waals surface area contributed by atoms with Crippen LogP contribution in [0.15, 0.2) is 59.2 Å². The topological polar surface area (TPSA) is 48.3 Å². The Morgan fingerprint density at radius 2 is 1.84 bits per heavy atom. The Morgan fingerprint density at radius 1 is 1.12 bits per heavy atom. The number of carbonyl (C=O) groups excluding carboxylic acids is 2. The monoisotopic (exact) mass is 417 g/mol. The molecule has 0 unspecified atom stereocenters. The van der Waals surface area contributed by atoms with Crippen LogP contribution in [-0.4, -0.2) is 29.3 Å².